The summed E-state index contributed by atoms with van der Waals surface area (Å²) < 4.78 is 5.07. The number of nitrogens with zero attached hydrogens (tertiary/aromatic N) is 1. The standard InChI is InChI=1S/C6H8N2O/c1-2-9-6-3-4-7-5-8-6/h3-5H,2H2,1H3/p+1. The highest BCUT2D eigenvalue weighted by molar-refractivity contribution is 5.01. The van der Waals surface area contributed by atoms with Gasteiger partial charge in [-0.25, -0.2) is 0 Å². The number of hydrogen-bond donors (Lipinski definition) is 0. The largest absolute Gasteiger partial charge is 0.460 e. The summed E-state index contributed by atoms with van der Waals surface area (Å²) >= 11 is 0. The van der Waals surface area contributed by atoms with Crippen LogP contribution >= 0.6 is 0 Å². The van der Waals surface area contributed by atoms with Crippen LogP contribution in [0.4, 0.5) is 0 Å². The minimum atomic E-state index is 0.663. The van der Waals surface area contributed by atoms with E-state index in [1.807, 2.05) is 6.92 Å². The molecule has 1 aromatic heterocycles. The van der Waals surface area contributed by atoms with Gasteiger partial charge in [0, 0.05) is 0 Å². The quantitative estimate of drug-likeness (QED) is 0.569. The van der Waals surface area contributed by atoms with Gasteiger partial charge in [-0.15, -0.1) is 0 Å². The van der Waals surface area contributed by atoms with Crippen LogP contribution in [0.2, 0.25) is 0 Å². The molecule has 0 amide bonds. The molecule has 0 saturated heterocycles. The van der Waals surface area contributed by atoms with Gasteiger partial charge in [0.25, 0.3) is 6.33 Å². The number of nitrogens with one attached hydrogen (secondary N) is 1. The molecule has 0 aromatic carbocycles. The number of aromatic amines is 1. The normalized spacial score (nSPS) is 9.00. The number of ether oxygens (including phenoxy) is 1. The molecular formula is C6H9N2O+. The van der Waals surface area contributed by atoms with Gasteiger partial charge in [0.05, 0.1) is 18.9 Å². The van der Waals surface area contributed by atoms with E-state index in [9.17, 15) is 0 Å². The van der Waals surface area contributed by atoms with Crippen LogP contribution in [-0.2, 0) is 0 Å². The second kappa shape index (κ2) is 3.02. The van der Waals surface area contributed by atoms with E-state index < -0.39 is 0 Å². The molecule has 0 radical (unpaired) electrons. The van der Waals surface area contributed by atoms with Crippen LogP contribution in [0, 0.1) is 0 Å². The Bertz CT molecular complexity index is 164. The van der Waals surface area contributed by atoms with Crippen molar-refractivity contribution >= 4 is 0 Å². The SMILES string of the molecule is CCOc1cc[nH+]cn1. The van der Waals surface area contributed by atoms with Gasteiger partial charge in [0.15, 0.2) is 0 Å². The predicted octanol–water partition coefficient (Wildman–Crippen LogP) is 0.294. The Morgan fingerprint density at radius 1 is 1.78 bits per heavy atom. The molecule has 1 aromatic rings. The molecule has 0 spiro atoms. The molecule has 0 bridgehead atoms. The van der Waals surface area contributed by atoms with Gasteiger partial charge in [-0.3, -0.25) is 4.98 Å². The number of aromatic nitrogens is 2. The lowest BCUT2D eigenvalue weighted by atomic mass is 10.6. The summed E-state index contributed by atoms with van der Waals surface area (Å²) in [5, 5.41) is 0. The number of hydrogen-bond acceptors (Lipinski definition) is 2. The summed E-state index contributed by atoms with van der Waals surface area (Å²) in [6.45, 7) is 2.59. The van der Waals surface area contributed by atoms with Crippen molar-refractivity contribution in [2.45, 2.75) is 6.92 Å². The Morgan fingerprint density at radius 3 is 3.22 bits per heavy atom. The van der Waals surface area contributed by atoms with Crippen LogP contribution in [0.5, 0.6) is 5.88 Å². The fourth-order valence-electron chi connectivity index (χ4n) is 0.540. The van der Waals surface area contributed by atoms with E-state index in [2.05, 4.69) is 9.97 Å². The van der Waals surface area contributed by atoms with Gasteiger partial charge in [0.1, 0.15) is 0 Å². The third-order valence-corrected chi connectivity index (χ3v) is 0.881. The second-order valence-corrected chi connectivity index (χ2v) is 1.53. The molecule has 3 heteroatoms. The van der Waals surface area contributed by atoms with Crippen molar-refractivity contribution in [2.75, 3.05) is 6.61 Å². The maximum absolute atomic E-state index is 5.07. The van der Waals surface area contributed by atoms with Gasteiger partial charge < -0.3 is 4.74 Å². The maximum Gasteiger partial charge on any atom is 0.331 e. The van der Waals surface area contributed by atoms with Crippen molar-refractivity contribution in [3.05, 3.63) is 18.6 Å². The zero-order chi connectivity index (χ0) is 6.53. The van der Waals surface area contributed by atoms with Crippen molar-refractivity contribution in [1.82, 2.24) is 4.98 Å². The van der Waals surface area contributed by atoms with Gasteiger partial charge in [-0.05, 0) is 11.9 Å². The molecule has 1 rings (SSSR count). The predicted molar refractivity (Wildman–Crippen MR) is 32.0 cm³/mol. The van der Waals surface area contributed by atoms with Crippen LogP contribution < -0.4 is 9.72 Å². The highest BCUT2D eigenvalue weighted by Crippen LogP contribution is 1.98. The zero-order valence-corrected chi connectivity index (χ0v) is 5.29. The van der Waals surface area contributed by atoms with Crippen LogP contribution in [0.15, 0.2) is 18.6 Å². The van der Waals surface area contributed by atoms with Gasteiger partial charge in [-0.1, -0.05) is 0 Å². The van der Waals surface area contributed by atoms with Gasteiger partial charge >= 0.3 is 5.88 Å². The van der Waals surface area contributed by atoms with E-state index in [0.717, 1.165) is 0 Å². The molecule has 0 atom stereocenters. The monoisotopic (exact) mass is 125 g/mol. The first-order valence-electron chi connectivity index (χ1n) is 2.88. The Kier molecular flexibility index (Phi) is 2.01. The molecule has 0 fully saturated rings. The van der Waals surface area contributed by atoms with Gasteiger partial charge in [0.2, 0.25) is 0 Å². The topological polar surface area (TPSA) is 36.3 Å². The molecule has 0 aliphatic rings. The highest BCUT2D eigenvalue weighted by Gasteiger charge is 1.95. The summed E-state index contributed by atoms with van der Waals surface area (Å²) in [5.41, 5.74) is 0. The van der Waals surface area contributed by atoms with Crippen molar-refractivity contribution < 1.29 is 9.72 Å². The highest BCUT2D eigenvalue weighted by atomic mass is 16.5. The van der Waals surface area contributed by atoms with Crippen molar-refractivity contribution in [1.29, 1.82) is 0 Å². The maximum atomic E-state index is 5.07. The van der Waals surface area contributed by atoms with Crippen LogP contribution in [-0.4, -0.2) is 11.6 Å². The molecule has 0 aliphatic carbocycles. The molecule has 9 heavy (non-hydrogen) atoms. The fraction of sp³-hybridized carbons (Fsp3) is 0.333. The summed E-state index contributed by atoms with van der Waals surface area (Å²) in [6, 6.07) is 1.78. The van der Waals surface area contributed by atoms with Crippen LogP contribution in [0.1, 0.15) is 6.92 Å². The average Bonchev–Trinajstić information content (AvgIpc) is 1.91. The van der Waals surface area contributed by atoms with Crippen LogP contribution in [0.25, 0.3) is 0 Å². The average molecular weight is 125 g/mol. The first-order chi connectivity index (χ1) is 4.43. The lowest BCUT2D eigenvalue weighted by Crippen LogP contribution is -2.02. The van der Waals surface area contributed by atoms with E-state index in [0.29, 0.717) is 12.5 Å². The van der Waals surface area contributed by atoms with E-state index in [-0.39, 0.29) is 0 Å². The smallest absolute Gasteiger partial charge is 0.331 e. The minimum Gasteiger partial charge on any atom is -0.460 e. The lowest BCUT2D eigenvalue weighted by Gasteiger charge is -1.91. The molecule has 0 aliphatic heterocycles. The zero-order valence-electron chi connectivity index (χ0n) is 5.29. The molecule has 1 N–H and O–H groups in total. The second-order valence-electron chi connectivity index (χ2n) is 1.53. The molecule has 1 heterocycles. The Balaban J connectivity index is 2.61. The Hall–Kier alpha value is -1.12. The van der Waals surface area contributed by atoms with Gasteiger partial charge in [-0.2, -0.15) is 0 Å². The molecule has 0 saturated carbocycles. The molecule has 48 valence electrons. The van der Waals surface area contributed by atoms with E-state index in [1.165, 1.54) is 0 Å². The fourth-order valence-corrected chi connectivity index (χ4v) is 0.540. The van der Waals surface area contributed by atoms with Crippen molar-refractivity contribution in [3.8, 4) is 5.88 Å². The lowest BCUT2D eigenvalue weighted by molar-refractivity contribution is -0.383. The summed E-state index contributed by atoms with van der Waals surface area (Å²) in [5.74, 6) is 0.663. The van der Waals surface area contributed by atoms with Crippen molar-refractivity contribution in [2.24, 2.45) is 0 Å². The summed E-state index contributed by atoms with van der Waals surface area (Å²) in [6.07, 6.45) is 3.36. The Labute approximate surface area is 53.7 Å². The number of rotatable bonds is 2. The third kappa shape index (κ3) is 1.68. The van der Waals surface area contributed by atoms with E-state index in [4.69, 9.17) is 4.74 Å². The number of H-pyrrole nitrogens is 1. The first-order valence-corrected chi connectivity index (χ1v) is 2.88. The molecule has 0 unspecified atom stereocenters. The third-order valence-electron chi connectivity index (χ3n) is 0.881. The molecular weight excluding hydrogens is 116 g/mol. The summed E-state index contributed by atoms with van der Waals surface area (Å²) in [7, 11) is 0. The minimum absolute atomic E-state index is 0.663. The first kappa shape index (κ1) is 6.01. The summed E-state index contributed by atoms with van der Waals surface area (Å²) in [4.78, 5) is 6.69. The van der Waals surface area contributed by atoms with Crippen LogP contribution in [0.3, 0.4) is 0 Å². The molecule has 3 nitrogen and oxygen atoms in total. The Morgan fingerprint density at radius 2 is 2.67 bits per heavy atom. The van der Waals surface area contributed by atoms with E-state index >= 15 is 0 Å². The van der Waals surface area contributed by atoms with E-state index in [1.54, 1.807) is 18.6 Å². The van der Waals surface area contributed by atoms with Crippen molar-refractivity contribution in [3.63, 3.8) is 0 Å².